The zero-order valence-electron chi connectivity index (χ0n) is 10.2. The van der Waals surface area contributed by atoms with E-state index in [1.54, 1.807) is 0 Å². The summed E-state index contributed by atoms with van der Waals surface area (Å²) in [7, 11) is 0. The Hall–Kier alpha value is -0.580. The third-order valence-corrected chi connectivity index (χ3v) is 4.48. The van der Waals surface area contributed by atoms with Crippen LogP contribution in [0.3, 0.4) is 0 Å². The highest BCUT2D eigenvalue weighted by Gasteiger charge is 2.40. The van der Waals surface area contributed by atoms with Gasteiger partial charge in [-0.1, -0.05) is 15.9 Å². The summed E-state index contributed by atoms with van der Waals surface area (Å²) >= 11 is 3.53. The third kappa shape index (κ3) is 2.17. The Labute approximate surface area is 116 Å². The van der Waals surface area contributed by atoms with Crippen LogP contribution in [0.4, 0.5) is 5.69 Å². The lowest BCUT2D eigenvalue weighted by atomic mass is 9.82. The van der Waals surface area contributed by atoms with Gasteiger partial charge in [0.15, 0.2) is 0 Å². The normalized spacial score (nSPS) is 29.6. The molecule has 0 amide bonds. The van der Waals surface area contributed by atoms with Gasteiger partial charge in [0.25, 0.3) is 0 Å². The first kappa shape index (κ1) is 12.5. The number of halogens is 1. The molecule has 0 saturated carbocycles. The molecule has 0 spiro atoms. The predicted octanol–water partition coefficient (Wildman–Crippen LogP) is 3.09. The van der Waals surface area contributed by atoms with Crippen LogP contribution in [-0.4, -0.2) is 24.4 Å². The summed E-state index contributed by atoms with van der Waals surface area (Å²) in [6, 6.07) is 6.76. The molecule has 3 atom stereocenters. The molecule has 1 aromatic carbocycles. The monoisotopic (exact) mass is 311 g/mol. The SMILES string of the molecule is OCCC[C@H]1Nc2ccc(Br)cc2[C@H]2OCC[C@H]21. The third-order valence-electron chi connectivity index (χ3n) is 3.99. The van der Waals surface area contributed by atoms with Crippen molar-refractivity contribution in [1.82, 2.24) is 0 Å². The number of hydrogen-bond donors (Lipinski definition) is 2. The van der Waals surface area contributed by atoms with Gasteiger partial charge in [-0.3, -0.25) is 0 Å². The lowest BCUT2D eigenvalue weighted by Gasteiger charge is -2.36. The Kier molecular flexibility index (Phi) is 3.59. The summed E-state index contributed by atoms with van der Waals surface area (Å²) in [6.07, 6.45) is 3.20. The standard InChI is InChI=1S/C14H18BrNO2/c15-9-3-4-13-11(8-9)14-10(5-7-18-14)12(16-13)2-1-6-17/h3-4,8,10,12,14,16-17H,1-2,5-7H2/t10-,12+,14-/m0/s1. The van der Waals surface area contributed by atoms with Gasteiger partial charge in [0.05, 0.1) is 6.10 Å². The molecule has 0 bridgehead atoms. The van der Waals surface area contributed by atoms with Gasteiger partial charge in [0.2, 0.25) is 0 Å². The molecule has 2 heterocycles. The first-order valence-electron chi connectivity index (χ1n) is 6.58. The first-order chi connectivity index (χ1) is 8.79. The van der Waals surface area contributed by atoms with Crippen LogP contribution >= 0.6 is 15.9 Å². The van der Waals surface area contributed by atoms with E-state index >= 15 is 0 Å². The number of fused-ring (bicyclic) bond motifs is 3. The Morgan fingerprint density at radius 1 is 1.44 bits per heavy atom. The van der Waals surface area contributed by atoms with E-state index in [9.17, 15) is 0 Å². The fourth-order valence-corrected chi connectivity index (χ4v) is 3.52. The van der Waals surface area contributed by atoms with Crippen molar-refractivity contribution < 1.29 is 9.84 Å². The van der Waals surface area contributed by atoms with Gasteiger partial charge in [-0.05, 0) is 37.5 Å². The molecule has 2 aliphatic heterocycles. The van der Waals surface area contributed by atoms with Crippen LogP contribution in [0, 0.1) is 5.92 Å². The molecule has 0 aliphatic carbocycles. The highest BCUT2D eigenvalue weighted by atomic mass is 79.9. The van der Waals surface area contributed by atoms with Crippen molar-refractivity contribution in [2.45, 2.75) is 31.4 Å². The van der Waals surface area contributed by atoms with E-state index in [1.807, 2.05) is 0 Å². The second-order valence-corrected chi connectivity index (χ2v) is 6.01. The largest absolute Gasteiger partial charge is 0.396 e. The fourth-order valence-electron chi connectivity index (χ4n) is 3.14. The quantitative estimate of drug-likeness (QED) is 0.901. The predicted molar refractivity (Wildman–Crippen MR) is 74.7 cm³/mol. The average Bonchev–Trinajstić information content (AvgIpc) is 2.86. The molecule has 98 valence electrons. The molecule has 4 heteroatoms. The Bertz CT molecular complexity index is 438. The van der Waals surface area contributed by atoms with Gasteiger partial charge in [-0.25, -0.2) is 0 Å². The van der Waals surface area contributed by atoms with E-state index < -0.39 is 0 Å². The minimum atomic E-state index is 0.224. The maximum Gasteiger partial charge on any atom is 0.0893 e. The molecule has 1 aromatic rings. The minimum Gasteiger partial charge on any atom is -0.396 e. The zero-order chi connectivity index (χ0) is 12.5. The van der Waals surface area contributed by atoms with E-state index in [2.05, 4.69) is 39.4 Å². The van der Waals surface area contributed by atoms with Crippen molar-refractivity contribution in [3.63, 3.8) is 0 Å². The Morgan fingerprint density at radius 3 is 3.17 bits per heavy atom. The van der Waals surface area contributed by atoms with E-state index in [1.165, 1.54) is 11.3 Å². The molecule has 0 aromatic heterocycles. The highest BCUT2D eigenvalue weighted by molar-refractivity contribution is 9.10. The molecule has 3 nitrogen and oxygen atoms in total. The molecule has 18 heavy (non-hydrogen) atoms. The van der Waals surface area contributed by atoms with Crippen LogP contribution in [0.25, 0.3) is 0 Å². The topological polar surface area (TPSA) is 41.5 Å². The molecular weight excluding hydrogens is 294 g/mol. The molecule has 0 unspecified atom stereocenters. The molecule has 1 saturated heterocycles. The Balaban J connectivity index is 1.89. The van der Waals surface area contributed by atoms with Gasteiger partial charge in [-0.2, -0.15) is 0 Å². The van der Waals surface area contributed by atoms with Crippen molar-refractivity contribution in [2.24, 2.45) is 5.92 Å². The Morgan fingerprint density at radius 2 is 2.33 bits per heavy atom. The van der Waals surface area contributed by atoms with Crippen molar-refractivity contribution in [3.05, 3.63) is 28.2 Å². The van der Waals surface area contributed by atoms with Gasteiger partial charge in [0, 0.05) is 40.9 Å². The number of hydrogen-bond acceptors (Lipinski definition) is 3. The van der Waals surface area contributed by atoms with Crippen molar-refractivity contribution in [2.75, 3.05) is 18.5 Å². The van der Waals surface area contributed by atoms with Crippen LogP contribution < -0.4 is 5.32 Å². The fraction of sp³-hybridized carbons (Fsp3) is 0.571. The summed E-state index contributed by atoms with van der Waals surface area (Å²) in [5.74, 6) is 0.540. The highest BCUT2D eigenvalue weighted by Crippen LogP contribution is 2.46. The number of anilines is 1. The van der Waals surface area contributed by atoms with Gasteiger partial charge in [0.1, 0.15) is 0 Å². The average molecular weight is 312 g/mol. The molecule has 1 fully saturated rings. The second-order valence-electron chi connectivity index (χ2n) is 5.09. The van der Waals surface area contributed by atoms with Crippen LogP contribution in [0.5, 0.6) is 0 Å². The lowest BCUT2D eigenvalue weighted by Crippen LogP contribution is -2.36. The van der Waals surface area contributed by atoms with Crippen LogP contribution in [-0.2, 0) is 4.74 Å². The summed E-state index contributed by atoms with van der Waals surface area (Å²) in [5.41, 5.74) is 2.46. The smallest absolute Gasteiger partial charge is 0.0893 e. The van der Waals surface area contributed by atoms with Gasteiger partial charge < -0.3 is 15.2 Å². The number of benzene rings is 1. The molecule has 3 rings (SSSR count). The van der Waals surface area contributed by atoms with Crippen LogP contribution in [0.2, 0.25) is 0 Å². The second kappa shape index (κ2) is 5.19. The van der Waals surface area contributed by atoms with E-state index in [0.717, 1.165) is 30.3 Å². The number of ether oxygens (including phenoxy) is 1. The number of nitrogens with one attached hydrogen (secondary N) is 1. The van der Waals surface area contributed by atoms with Crippen molar-refractivity contribution in [1.29, 1.82) is 0 Å². The summed E-state index contributed by atoms with van der Waals surface area (Å²) in [4.78, 5) is 0. The lowest BCUT2D eigenvalue weighted by molar-refractivity contribution is 0.0813. The number of rotatable bonds is 3. The van der Waals surface area contributed by atoms with Crippen LogP contribution in [0.15, 0.2) is 22.7 Å². The maximum atomic E-state index is 9.00. The summed E-state index contributed by atoms with van der Waals surface area (Å²) in [5, 5.41) is 12.6. The number of aliphatic hydroxyl groups excluding tert-OH is 1. The maximum absolute atomic E-state index is 9.00. The van der Waals surface area contributed by atoms with Gasteiger partial charge in [-0.15, -0.1) is 0 Å². The molecule has 0 radical (unpaired) electrons. The van der Waals surface area contributed by atoms with E-state index in [4.69, 9.17) is 9.84 Å². The summed E-state index contributed by atoms with van der Waals surface area (Å²) < 4.78 is 7.03. The van der Waals surface area contributed by atoms with Gasteiger partial charge >= 0.3 is 0 Å². The first-order valence-corrected chi connectivity index (χ1v) is 7.37. The van der Waals surface area contributed by atoms with Crippen LogP contribution in [0.1, 0.15) is 30.9 Å². The zero-order valence-corrected chi connectivity index (χ0v) is 11.8. The minimum absolute atomic E-state index is 0.224. The number of aliphatic hydroxyl groups is 1. The molecule has 2 N–H and O–H groups in total. The summed E-state index contributed by atoms with van der Waals surface area (Å²) in [6.45, 7) is 1.11. The van der Waals surface area contributed by atoms with E-state index in [-0.39, 0.29) is 12.7 Å². The molecular formula is C14H18BrNO2. The van der Waals surface area contributed by atoms with E-state index in [0.29, 0.717) is 12.0 Å². The van der Waals surface area contributed by atoms with Crippen molar-refractivity contribution in [3.8, 4) is 0 Å². The van der Waals surface area contributed by atoms with Crippen molar-refractivity contribution >= 4 is 21.6 Å². The molecule has 2 aliphatic rings.